The maximum atomic E-state index is 3.43. The first-order valence-corrected chi connectivity index (χ1v) is 13.4. The number of benzene rings is 4. The Morgan fingerprint density at radius 3 is 1.29 bits per heavy atom. The van der Waals surface area contributed by atoms with Crippen LogP contribution in [0.1, 0.15) is 33.4 Å². The predicted molar refractivity (Wildman–Crippen MR) is 135 cm³/mol. The summed E-state index contributed by atoms with van der Waals surface area (Å²) < 4.78 is 0. The van der Waals surface area contributed by atoms with Crippen molar-refractivity contribution in [1.29, 1.82) is 0 Å². The summed E-state index contributed by atoms with van der Waals surface area (Å²) in [5, 5.41) is 0. The molecule has 6 rings (SSSR count). The van der Waals surface area contributed by atoms with E-state index in [9.17, 15) is 0 Å². The molecular formula is C30H29Cl2SiZr. The van der Waals surface area contributed by atoms with Crippen molar-refractivity contribution < 1.29 is 51.0 Å². The van der Waals surface area contributed by atoms with Crippen molar-refractivity contribution in [2.75, 3.05) is 0 Å². The third kappa shape index (κ3) is 6.82. The minimum absolute atomic E-state index is 0. The minimum atomic E-state index is 0. The fourth-order valence-corrected chi connectivity index (χ4v) is 4.35. The maximum Gasteiger partial charge on any atom is 4.00 e. The largest absolute Gasteiger partial charge is 4.00 e. The van der Waals surface area contributed by atoms with Crippen LogP contribution in [0.25, 0.3) is 22.3 Å². The molecule has 0 bridgehead atoms. The minimum Gasteiger partial charge on any atom is -1.00 e. The van der Waals surface area contributed by atoms with E-state index in [1.54, 1.807) is 0 Å². The summed E-state index contributed by atoms with van der Waals surface area (Å²) in [4.78, 5) is 0. The smallest absolute Gasteiger partial charge is 1.00 e. The van der Waals surface area contributed by atoms with Crippen LogP contribution in [0.3, 0.4) is 0 Å². The normalized spacial score (nSPS) is 10.7. The topological polar surface area (TPSA) is 0 Å². The zero-order valence-corrected chi connectivity index (χ0v) is 25.3. The van der Waals surface area contributed by atoms with Crippen molar-refractivity contribution in [3.05, 3.63) is 118 Å². The number of fused-ring (bicyclic) bond motifs is 6. The molecule has 0 aliphatic heterocycles. The van der Waals surface area contributed by atoms with E-state index in [4.69, 9.17) is 0 Å². The Bertz CT molecular complexity index is 1130. The van der Waals surface area contributed by atoms with Crippen molar-refractivity contribution in [3.63, 3.8) is 0 Å². The van der Waals surface area contributed by atoms with Gasteiger partial charge in [-0.05, 0) is 12.8 Å². The van der Waals surface area contributed by atoms with Crippen LogP contribution in [-0.2, 0) is 39.0 Å². The van der Waals surface area contributed by atoms with Gasteiger partial charge in [-0.25, -0.2) is 0 Å². The first-order chi connectivity index (χ1) is 15.1. The van der Waals surface area contributed by atoms with Gasteiger partial charge in [-0.3, -0.25) is 0 Å². The van der Waals surface area contributed by atoms with Crippen LogP contribution in [0, 0.1) is 26.0 Å². The zero-order chi connectivity index (χ0) is 21.8. The Kier molecular flexibility index (Phi) is 12.8. The van der Waals surface area contributed by atoms with E-state index in [1.165, 1.54) is 55.6 Å². The molecule has 0 amide bonds. The molecule has 0 atom stereocenters. The standard InChI is InChI=1S/2C14H11.C2H7Si.2ClH.Zr/c2*1-10-6-7-14-12(8-10)9-11-4-2-3-5-13(11)14;1-3-2;;;/h2*2-7H,9H2,1H3;3H,1-2H3;2*1H;/q2*-1;;;;+4/p-2. The second-order valence-electron chi connectivity index (χ2n) is 8.31. The molecule has 34 heavy (non-hydrogen) atoms. The monoisotopic (exact) mass is 577 g/mol. The Labute approximate surface area is 239 Å². The summed E-state index contributed by atoms with van der Waals surface area (Å²) in [5.74, 6) is 0. The molecule has 0 fully saturated rings. The molecule has 2 aliphatic rings. The van der Waals surface area contributed by atoms with Gasteiger partial charge in [0, 0.05) is 9.52 Å². The van der Waals surface area contributed by atoms with Gasteiger partial charge in [-0.2, -0.15) is 47.5 Å². The number of rotatable bonds is 0. The molecule has 0 nitrogen and oxygen atoms in total. The summed E-state index contributed by atoms with van der Waals surface area (Å²) in [6.45, 7) is 8.62. The molecule has 0 saturated carbocycles. The fraction of sp³-hybridized carbons (Fsp3) is 0.200. The molecular weight excluding hydrogens is 551 g/mol. The zero-order valence-electron chi connectivity index (χ0n) is 20.2. The van der Waals surface area contributed by atoms with Gasteiger partial charge in [0.2, 0.25) is 0 Å². The van der Waals surface area contributed by atoms with E-state index in [-0.39, 0.29) is 51.0 Å². The van der Waals surface area contributed by atoms with E-state index < -0.39 is 0 Å². The van der Waals surface area contributed by atoms with E-state index in [1.807, 2.05) is 0 Å². The molecule has 4 heteroatoms. The molecule has 4 aromatic carbocycles. The third-order valence-electron chi connectivity index (χ3n) is 5.70. The van der Waals surface area contributed by atoms with E-state index in [2.05, 4.69) is 112 Å². The van der Waals surface area contributed by atoms with Gasteiger partial charge >= 0.3 is 26.2 Å². The number of hydrogen-bond acceptors (Lipinski definition) is 0. The van der Waals surface area contributed by atoms with Crippen LogP contribution in [0.5, 0.6) is 0 Å². The average molecular weight is 580 g/mol. The maximum absolute atomic E-state index is 3.43. The Balaban J connectivity index is 0.000000283. The van der Waals surface area contributed by atoms with Gasteiger partial charge in [0.1, 0.15) is 0 Å². The quantitative estimate of drug-likeness (QED) is 0.188. The molecule has 4 aromatic rings. The van der Waals surface area contributed by atoms with Crippen molar-refractivity contribution in [3.8, 4) is 22.3 Å². The molecule has 0 spiro atoms. The summed E-state index contributed by atoms with van der Waals surface area (Å²) in [6, 6.07) is 32.8. The van der Waals surface area contributed by atoms with E-state index >= 15 is 0 Å². The van der Waals surface area contributed by atoms with Crippen LogP contribution in [0.2, 0.25) is 13.1 Å². The second kappa shape index (κ2) is 14.2. The first kappa shape index (κ1) is 30.6. The molecule has 0 N–H and O–H groups in total. The van der Waals surface area contributed by atoms with Gasteiger partial charge in [0.15, 0.2) is 0 Å². The Hall–Kier alpha value is -1.44. The molecule has 0 unspecified atom stereocenters. The number of aryl methyl sites for hydroxylation is 2. The van der Waals surface area contributed by atoms with Crippen molar-refractivity contribution in [1.82, 2.24) is 0 Å². The van der Waals surface area contributed by atoms with E-state index in [0.717, 1.165) is 22.4 Å². The van der Waals surface area contributed by atoms with Gasteiger partial charge < -0.3 is 24.8 Å². The predicted octanol–water partition coefficient (Wildman–Crippen LogP) is 1.26. The molecule has 0 aromatic heterocycles. The van der Waals surface area contributed by atoms with Gasteiger partial charge in [0.25, 0.3) is 0 Å². The van der Waals surface area contributed by atoms with Gasteiger partial charge in [-0.1, -0.05) is 97.7 Å². The second-order valence-corrected chi connectivity index (χ2v) is 9.47. The van der Waals surface area contributed by atoms with Crippen molar-refractivity contribution in [2.24, 2.45) is 0 Å². The number of halogens is 2. The molecule has 171 valence electrons. The summed E-state index contributed by atoms with van der Waals surface area (Å²) in [6.07, 6.45) is 2.10. The average Bonchev–Trinajstić information content (AvgIpc) is 3.31. The summed E-state index contributed by atoms with van der Waals surface area (Å²) >= 11 is 0. The molecule has 1 radical (unpaired) electrons. The molecule has 0 saturated heterocycles. The summed E-state index contributed by atoms with van der Waals surface area (Å²) in [7, 11) is 0.750. The van der Waals surface area contributed by atoms with E-state index in [0.29, 0.717) is 0 Å². The van der Waals surface area contributed by atoms with Crippen LogP contribution in [0.4, 0.5) is 0 Å². The van der Waals surface area contributed by atoms with Gasteiger partial charge in [0.05, 0.1) is 0 Å². The van der Waals surface area contributed by atoms with Gasteiger partial charge in [-0.15, -0.1) is 22.3 Å². The van der Waals surface area contributed by atoms with Crippen LogP contribution < -0.4 is 24.8 Å². The Morgan fingerprint density at radius 1 is 0.559 bits per heavy atom. The Morgan fingerprint density at radius 2 is 0.912 bits per heavy atom. The fourth-order valence-electron chi connectivity index (χ4n) is 4.35. The molecule has 0 heterocycles. The van der Waals surface area contributed by atoms with Crippen LogP contribution in [-0.4, -0.2) is 9.52 Å². The number of hydrogen-bond donors (Lipinski definition) is 0. The van der Waals surface area contributed by atoms with Crippen LogP contribution >= 0.6 is 0 Å². The third-order valence-corrected chi connectivity index (χ3v) is 5.70. The first-order valence-electron chi connectivity index (χ1n) is 11.0. The van der Waals surface area contributed by atoms with Crippen LogP contribution in [0.15, 0.2) is 72.8 Å². The summed E-state index contributed by atoms with van der Waals surface area (Å²) in [5.41, 5.74) is 13.6. The SMILES string of the molecule is C[SiH]C.Cc1[c-]c2c(cc1)-c1ccccc1C2.Cc1[c-]c2c(cc1)-c1ccccc1C2.[Cl-].[Cl-].[Zr+4]. The molecule has 2 aliphatic carbocycles. The van der Waals surface area contributed by atoms with Crippen molar-refractivity contribution >= 4 is 9.52 Å². The van der Waals surface area contributed by atoms with Crippen molar-refractivity contribution in [2.45, 2.75) is 39.8 Å².